The average molecular weight is 512 g/mol. The van der Waals surface area contributed by atoms with E-state index in [1.165, 1.54) is 18.5 Å². The third-order valence-electron chi connectivity index (χ3n) is 4.29. The summed E-state index contributed by atoms with van der Waals surface area (Å²) in [5.41, 5.74) is 1.26. The molecule has 0 atom stereocenters. The molecule has 0 aromatic carbocycles. The molecular weight excluding hydrogens is 481 g/mol. The first-order chi connectivity index (χ1) is 11.0. The van der Waals surface area contributed by atoms with Crippen LogP contribution in [-0.2, 0) is 13.6 Å². The van der Waals surface area contributed by atoms with E-state index in [4.69, 9.17) is 4.99 Å². The van der Waals surface area contributed by atoms with Crippen molar-refractivity contribution in [3.05, 3.63) is 22.4 Å². The van der Waals surface area contributed by atoms with Crippen molar-refractivity contribution < 1.29 is 0 Å². The van der Waals surface area contributed by atoms with Crippen molar-refractivity contribution in [3.8, 4) is 0 Å². The van der Waals surface area contributed by atoms with Crippen LogP contribution in [0, 0.1) is 0 Å². The lowest BCUT2D eigenvalue weighted by atomic mass is 10.4. The minimum absolute atomic E-state index is 0. The number of aryl methyl sites for hydroxylation is 1. The lowest BCUT2D eigenvalue weighted by Crippen LogP contribution is -2.39. The van der Waals surface area contributed by atoms with Gasteiger partial charge in [-0.2, -0.15) is 0 Å². The van der Waals surface area contributed by atoms with Crippen LogP contribution in [0.5, 0.6) is 0 Å². The molecule has 0 aliphatic heterocycles. The molecule has 7 heteroatoms. The van der Waals surface area contributed by atoms with Gasteiger partial charge in [-0.1, -0.05) is 6.92 Å². The Balaban J connectivity index is 0.00000288. The summed E-state index contributed by atoms with van der Waals surface area (Å²) >= 11 is 3.54. The minimum Gasteiger partial charge on any atom is -0.357 e. The fourth-order valence-corrected chi connectivity index (χ4v) is 3.41. The average Bonchev–Trinajstić information content (AvgIpc) is 3.29. The van der Waals surface area contributed by atoms with Crippen molar-refractivity contribution in [2.75, 3.05) is 33.2 Å². The van der Waals surface area contributed by atoms with Gasteiger partial charge in [-0.25, -0.2) is 0 Å². The Labute approximate surface area is 172 Å². The second-order valence-corrected chi connectivity index (χ2v) is 7.13. The molecule has 1 saturated carbocycles. The number of halogens is 2. The van der Waals surface area contributed by atoms with Gasteiger partial charge in [-0.05, 0) is 48.3 Å². The molecule has 1 heterocycles. The molecular formula is C17H31BrIN5. The fraction of sp³-hybridized carbons (Fsp3) is 0.706. The van der Waals surface area contributed by atoms with E-state index >= 15 is 0 Å². The van der Waals surface area contributed by atoms with Gasteiger partial charge in [0, 0.05) is 49.6 Å². The summed E-state index contributed by atoms with van der Waals surface area (Å²) in [4.78, 5) is 9.55. The Morgan fingerprint density at radius 3 is 2.62 bits per heavy atom. The number of aromatic nitrogens is 1. The summed E-state index contributed by atoms with van der Waals surface area (Å²) < 4.78 is 3.27. The van der Waals surface area contributed by atoms with Crippen LogP contribution in [0.3, 0.4) is 0 Å². The number of rotatable bonds is 8. The van der Waals surface area contributed by atoms with E-state index in [2.05, 4.69) is 75.8 Å². The molecule has 24 heavy (non-hydrogen) atoms. The van der Waals surface area contributed by atoms with Gasteiger partial charge in [0.15, 0.2) is 5.96 Å². The number of guanidine groups is 1. The van der Waals surface area contributed by atoms with Crippen LogP contribution in [0.1, 0.15) is 32.4 Å². The molecule has 0 radical (unpaired) electrons. The minimum atomic E-state index is 0. The van der Waals surface area contributed by atoms with Gasteiger partial charge in [-0.15, -0.1) is 24.0 Å². The predicted octanol–water partition coefficient (Wildman–Crippen LogP) is 3.29. The molecule has 5 nitrogen and oxygen atoms in total. The van der Waals surface area contributed by atoms with Gasteiger partial charge in [0.2, 0.25) is 0 Å². The summed E-state index contributed by atoms with van der Waals surface area (Å²) in [5, 5.41) is 3.40. The fourth-order valence-electron chi connectivity index (χ4n) is 2.83. The Morgan fingerprint density at radius 1 is 1.42 bits per heavy atom. The molecule has 1 N–H and O–H groups in total. The second-order valence-electron chi connectivity index (χ2n) is 6.21. The predicted molar refractivity (Wildman–Crippen MR) is 116 cm³/mol. The topological polar surface area (TPSA) is 35.8 Å². The summed E-state index contributed by atoms with van der Waals surface area (Å²) in [6.45, 7) is 9.13. The van der Waals surface area contributed by atoms with Crippen LogP contribution >= 0.6 is 39.9 Å². The van der Waals surface area contributed by atoms with Crippen molar-refractivity contribution in [2.45, 2.75) is 39.3 Å². The van der Waals surface area contributed by atoms with Gasteiger partial charge in [0.1, 0.15) is 0 Å². The lowest BCUT2D eigenvalue weighted by molar-refractivity contribution is 0.285. The number of hydrogen-bond acceptors (Lipinski definition) is 2. The number of aliphatic imine (C=N–C) groups is 1. The van der Waals surface area contributed by atoms with Crippen LogP contribution in [0.25, 0.3) is 0 Å². The van der Waals surface area contributed by atoms with Crippen LogP contribution in [0.15, 0.2) is 21.7 Å². The molecule has 0 unspecified atom stereocenters. The Kier molecular flexibility index (Phi) is 9.66. The third-order valence-corrected chi connectivity index (χ3v) is 4.72. The third kappa shape index (κ3) is 6.55. The van der Waals surface area contributed by atoms with Crippen LogP contribution in [0.4, 0.5) is 0 Å². The first-order valence-electron chi connectivity index (χ1n) is 8.59. The van der Waals surface area contributed by atoms with Gasteiger partial charge in [0.25, 0.3) is 0 Å². The van der Waals surface area contributed by atoms with Crippen molar-refractivity contribution in [2.24, 2.45) is 12.0 Å². The molecule has 2 rings (SSSR count). The van der Waals surface area contributed by atoms with Crippen molar-refractivity contribution in [1.82, 2.24) is 19.7 Å². The van der Waals surface area contributed by atoms with E-state index in [-0.39, 0.29) is 24.0 Å². The molecule has 138 valence electrons. The molecule has 1 aromatic heterocycles. The summed E-state index contributed by atoms with van der Waals surface area (Å²) in [5.74, 6) is 0.983. The van der Waals surface area contributed by atoms with Gasteiger partial charge >= 0.3 is 0 Å². The standard InChI is InChI=1S/C17H30BrN5.HI/c1-5-19-17(20-9-10-23(6-2)15-7-8-15)22(4)13-16-11-14(18)12-21(16)3;/h11-12,15H,5-10,13H2,1-4H3,(H,19,20);1H. The summed E-state index contributed by atoms with van der Waals surface area (Å²) in [6.07, 6.45) is 4.81. The molecule has 1 aromatic rings. The van der Waals surface area contributed by atoms with E-state index in [9.17, 15) is 0 Å². The molecule has 1 aliphatic carbocycles. The lowest BCUT2D eigenvalue weighted by Gasteiger charge is -2.23. The molecule has 1 fully saturated rings. The smallest absolute Gasteiger partial charge is 0.194 e. The van der Waals surface area contributed by atoms with E-state index in [1.807, 2.05) is 0 Å². The first-order valence-corrected chi connectivity index (χ1v) is 9.38. The van der Waals surface area contributed by atoms with E-state index < -0.39 is 0 Å². The highest BCUT2D eigenvalue weighted by atomic mass is 127. The number of nitrogens with zero attached hydrogens (tertiary/aromatic N) is 4. The zero-order valence-corrected chi connectivity index (χ0v) is 19.2. The van der Waals surface area contributed by atoms with Crippen LogP contribution in [-0.4, -0.2) is 59.6 Å². The van der Waals surface area contributed by atoms with Crippen LogP contribution in [0.2, 0.25) is 0 Å². The van der Waals surface area contributed by atoms with E-state index in [0.29, 0.717) is 0 Å². The highest BCUT2D eigenvalue weighted by Gasteiger charge is 2.27. The second kappa shape index (κ2) is 10.7. The van der Waals surface area contributed by atoms with Gasteiger partial charge in [-0.3, -0.25) is 9.89 Å². The van der Waals surface area contributed by atoms with Crippen molar-refractivity contribution in [3.63, 3.8) is 0 Å². The van der Waals surface area contributed by atoms with Crippen molar-refractivity contribution >= 4 is 45.9 Å². The summed E-state index contributed by atoms with van der Waals surface area (Å²) in [7, 11) is 4.17. The number of nitrogens with one attached hydrogen (secondary N) is 1. The molecule has 0 amide bonds. The number of hydrogen-bond donors (Lipinski definition) is 1. The molecule has 0 bridgehead atoms. The normalized spacial score (nSPS) is 14.7. The van der Waals surface area contributed by atoms with Gasteiger partial charge in [0.05, 0.1) is 13.1 Å². The highest BCUT2D eigenvalue weighted by Crippen LogP contribution is 2.25. The quantitative estimate of drug-likeness (QED) is 0.330. The van der Waals surface area contributed by atoms with E-state index in [1.54, 1.807) is 0 Å². The zero-order chi connectivity index (χ0) is 16.8. The van der Waals surface area contributed by atoms with E-state index in [0.717, 1.165) is 49.2 Å². The maximum atomic E-state index is 4.81. The molecule has 1 aliphatic rings. The maximum Gasteiger partial charge on any atom is 0.194 e. The Hall–Kier alpha value is -0.280. The molecule has 0 saturated heterocycles. The Morgan fingerprint density at radius 2 is 2.12 bits per heavy atom. The number of likely N-dealkylation sites (N-methyl/N-ethyl adjacent to an activating group) is 1. The SMILES string of the molecule is CCNC(=NCCN(CC)C1CC1)N(C)Cc1cc(Br)cn1C.I. The maximum absolute atomic E-state index is 4.81. The highest BCUT2D eigenvalue weighted by molar-refractivity contribution is 14.0. The largest absolute Gasteiger partial charge is 0.357 e. The van der Waals surface area contributed by atoms with Gasteiger partial charge < -0.3 is 14.8 Å². The zero-order valence-electron chi connectivity index (χ0n) is 15.3. The van der Waals surface area contributed by atoms with Crippen molar-refractivity contribution in [1.29, 1.82) is 0 Å². The monoisotopic (exact) mass is 511 g/mol. The summed E-state index contributed by atoms with van der Waals surface area (Å²) in [6, 6.07) is 2.97. The van der Waals surface area contributed by atoms with Crippen LogP contribution < -0.4 is 5.32 Å². The first kappa shape index (κ1) is 21.8. The molecule has 0 spiro atoms. The Bertz CT molecular complexity index is 527.